The van der Waals surface area contributed by atoms with Crippen molar-refractivity contribution in [3.05, 3.63) is 65.7 Å². The third-order valence-corrected chi connectivity index (χ3v) is 5.44. The highest BCUT2D eigenvalue weighted by Crippen LogP contribution is 2.40. The summed E-state index contributed by atoms with van der Waals surface area (Å²) in [6, 6.07) is 16.4. The molecule has 0 amide bonds. The Balaban J connectivity index is 1.86. The van der Waals surface area contributed by atoms with Gasteiger partial charge in [0.15, 0.2) is 5.71 Å². The van der Waals surface area contributed by atoms with Crippen molar-refractivity contribution in [1.82, 2.24) is 0 Å². The molecule has 0 spiro atoms. The highest BCUT2D eigenvalue weighted by Gasteiger charge is 2.43. The molecule has 3 rings (SSSR count). The van der Waals surface area contributed by atoms with Crippen molar-refractivity contribution in [3.8, 4) is 0 Å². The fourth-order valence-electron chi connectivity index (χ4n) is 3.89. The van der Waals surface area contributed by atoms with Crippen LogP contribution in [0.25, 0.3) is 6.08 Å². The van der Waals surface area contributed by atoms with E-state index in [1.165, 1.54) is 17.0 Å². The van der Waals surface area contributed by atoms with Crippen LogP contribution >= 0.6 is 0 Å². The summed E-state index contributed by atoms with van der Waals surface area (Å²) >= 11 is 0. The number of carboxylic acid groups (broad SMARTS) is 1. The van der Waals surface area contributed by atoms with E-state index in [2.05, 4.69) is 54.8 Å². The van der Waals surface area contributed by atoms with Crippen molar-refractivity contribution < 1.29 is 14.5 Å². The van der Waals surface area contributed by atoms with Gasteiger partial charge in [0.1, 0.15) is 6.54 Å². The quantitative estimate of drug-likeness (QED) is 0.386. The van der Waals surface area contributed by atoms with E-state index >= 15 is 0 Å². The Hall–Kier alpha value is -2.88. The van der Waals surface area contributed by atoms with Gasteiger partial charge in [-0.05, 0) is 50.5 Å². The SMILES string of the molecule is CC1(C)C(/C=C/c2ccc(N)cc2)=[N+](CCCCCC(=O)O)c2ccccc21. The fourth-order valence-corrected chi connectivity index (χ4v) is 3.89. The number of para-hydroxylation sites is 1. The molecule has 1 aliphatic rings. The van der Waals surface area contributed by atoms with Crippen LogP contribution in [0.4, 0.5) is 11.4 Å². The van der Waals surface area contributed by atoms with Crippen molar-refractivity contribution in [2.45, 2.75) is 44.9 Å². The lowest BCUT2D eigenvalue weighted by Crippen LogP contribution is -2.27. The number of hydrogen-bond donors (Lipinski definition) is 2. The number of hydrogen-bond acceptors (Lipinski definition) is 2. The number of allylic oxidation sites excluding steroid dienone is 1. The summed E-state index contributed by atoms with van der Waals surface area (Å²) in [6.45, 7) is 5.42. The van der Waals surface area contributed by atoms with Crippen LogP contribution in [0.15, 0.2) is 54.6 Å². The standard InChI is InChI=1S/C24H28N2O2/c1-24(2)20-8-5-6-9-21(20)26(17-7-3-4-10-23(27)28)22(24)16-13-18-11-14-19(25)15-12-18/h5-6,8-9,11-16,25H,3-4,7,10,17H2,1-2H3,(H,27,28)/p+1. The number of benzene rings is 2. The molecule has 3 N–H and O–H groups in total. The van der Waals surface area contributed by atoms with Gasteiger partial charge < -0.3 is 10.8 Å². The zero-order valence-corrected chi connectivity index (χ0v) is 16.7. The first-order valence-corrected chi connectivity index (χ1v) is 9.89. The molecule has 0 fully saturated rings. The first-order valence-electron chi connectivity index (χ1n) is 9.89. The first-order chi connectivity index (χ1) is 13.4. The molecule has 1 aliphatic heterocycles. The Labute approximate surface area is 167 Å². The molecule has 4 heteroatoms. The van der Waals surface area contributed by atoms with E-state index in [0.29, 0.717) is 0 Å². The maximum absolute atomic E-state index is 10.7. The molecule has 0 aromatic heterocycles. The van der Waals surface area contributed by atoms with Crippen molar-refractivity contribution in [1.29, 1.82) is 0 Å². The van der Waals surface area contributed by atoms with Gasteiger partial charge in [-0.1, -0.05) is 30.3 Å². The molecular weight excluding hydrogens is 348 g/mol. The fraction of sp³-hybridized carbons (Fsp3) is 0.333. The minimum absolute atomic E-state index is 0.0814. The van der Waals surface area contributed by atoms with Gasteiger partial charge in [0.05, 0.1) is 5.41 Å². The van der Waals surface area contributed by atoms with E-state index in [1.807, 2.05) is 24.3 Å². The van der Waals surface area contributed by atoms with Gasteiger partial charge in [0.2, 0.25) is 5.69 Å². The molecule has 0 bridgehead atoms. The van der Waals surface area contributed by atoms with E-state index in [-0.39, 0.29) is 11.8 Å². The number of carboxylic acids is 1. The number of nitrogens with zero attached hydrogens (tertiary/aromatic N) is 1. The smallest absolute Gasteiger partial charge is 0.303 e. The molecule has 1 heterocycles. The third-order valence-electron chi connectivity index (χ3n) is 5.44. The Morgan fingerprint density at radius 3 is 2.46 bits per heavy atom. The highest BCUT2D eigenvalue weighted by atomic mass is 16.4. The molecule has 0 saturated carbocycles. The number of rotatable bonds is 8. The molecule has 0 radical (unpaired) electrons. The van der Waals surface area contributed by atoms with Crippen LogP contribution in [0.2, 0.25) is 0 Å². The predicted octanol–water partition coefficient (Wildman–Crippen LogP) is 5.00. The monoisotopic (exact) mass is 377 g/mol. The van der Waals surface area contributed by atoms with Gasteiger partial charge in [-0.25, -0.2) is 0 Å². The molecule has 4 nitrogen and oxygen atoms in total. The summed E-state index contributed by atoms with van der Waals surface area (Å²) in [6.07, 6.45) is 7.21. The van der Waals surface area contributed by atoms with Crippen LogP contribution in [-0.4, -0.2) is 27.9 Å². The molecule has 0 saturated heterocycles. The Morgan fingerprint density at radius 1 is 1.04 bits per heavy atom. The van der Waals surface area contributed by atoms with E-state index in [0.717, 1.165) is 37.1 Å². The normalized spacial score (nSPS) is 15.2. The van der Waals surface area contributed by atoms with Crippen LogP contribution in [0.1, 0.15) is 50.7 Å². The zero-order valence-electron chi connectivity index (χ0n) is 16.7. The number of nitrogens with two attached hydrogens (primary N) is 1. The lowest BCUT2D eigenvalue weighted by Gasteiger charge is -2.15. The van der Waals surface area contributed by atoms with Gasteiger partial charge in [-0.3, -0.25) is 4.79 Å². The number of carbonyl (C=O) groups is 1. The number of aliphatic carboxylic acids is 1. The minimum Gasteiger partial charge on any atom is -0.481 e. The van der Waals surface area contributed by atoms with Gasteiger partial charge in [-0.2, -0.15) is 4.58 Å². The van der Waals surface area contributed by atoms with E-state index in [4.69, 9.17) is 10.8 Å². The molecule has 2 aromatic carbocycles. The zero-order chi connectivity index (χ0) is 20.1. The topological polar surface area (TPSA) is 66.3 Å². The summed E-state index contributed by atoms with van der Waals surface area (Å²) < 4.78 is 2.39. The largest absolute Gasteiger partial charge is 0.481 e. The average Bonchev–Trinajstić information content (AvgIpc) is 2.88. The van der Waals surface area contributed by atoms with Gasteiger partial charge in [0.25, 0.3) is 0 Å². The number of nitrogen functional groups attached to an aromatic ring is 1. The van der Waals surface area contributed by atoms with Gasteiger partial charge in [-0.15, -0.1) is 0 Å². The third kappa shape index (κ3) is 4.33. The van der Waals surface area contributed by atoms with Gasteiger partial charge >= 0.3 is 5.97 Å². The van der Waals surface area contributed by atoms with Crippen molar-refractivity contribution in [2.24, 2.45) is 0 Å². The van der Waals surface area contributed by atoms with Crippen molar-refractivity contribution in [3.63, 3.8) is 0 Å². The lowest BCUT2D eigenvalue weighted by molar-refractivity contribution is -0.438. The van der Waals surface area contributed by atoms with Crippen LogP contribution < -0.4 is 5.73 Å². The second kappa shape index (κ2) is 8.42. The summed E-state index contributed by atoms with van der Waals surface area (Å²) in [5.41, 5.74) is 11.4. The van der Waals surface area contributed by atoms with E-state index in [1.54, 1.807) is 0 Å². The second-order valence-electron chi connectivity index (χ2n) is 7.88. The van der Waals surface area contributed by atoms with Crippen LogP contribution in [0.3, 0.4) is 0 Å². The minimum atomic E-state index is -0.716. The molecule has 0 aliphatic carbocycles. The van der Waals surface area contributed by atoms with Crippen LogP contribution in [0, 0.1) is 0 Å². The van der Waals surface area contributed by atoms with Crippen molar-refractivity contribution in [2.75, 3.05) is 12.3 Å². The van der Waals surface area contributed by atoms with Gasteiger partial charge in [0, 0.05) is 36.2 Å². The second-order valence-corrected chi connectivity index (χ2v) is 7.88. The number of anilines is 1. The number of fused-ring (bicyclic) bond motifs is 1. The van der Waals surface area contributed by atoms with E-state index < -0.39 is 5.97 Å². The average molecular weight is 378 g/mol. The lowest BCUT2D eigenvalue weighted by atomic mass is 9.81. The Kier molecular flexibility index (Phi) is 5.98. The maximum Gasteiger partial charge on any atom is 0.303 e. The molecule has 0 unspecified atom stereocenters. The van der Waals surface area contributed by atoms with E-state index in [9.17, 15) is 4.79 Å². The molecule has 28 heavy (non-hydrogen) atoms. The summed E-state index contributed by atoms with van der Waals surface area (Å²) in [5.74, 6) is -0.716. The summed E-state index contributed by atoms with van der Waals surface area (Å²) in [5, 5.41) is 8.83. The summed E-state index contributed by atoms with van der Waals surface area (Å²) in [4.78, 5) is 10.7. The highest BCUT2D eigenvalue weighted by molar-refractivity contribution is 6.05. The predicted molar refractivity (Wildman–Crippen MR) is 115 cm³/mol. The van der Waals surface area contributed by atoms with Crippen LogP contribution in [-0.2, 0) is 10.2 Å². The number of unbranched alkanes of at least 4 members (excludes halogenated alkanes) is 2. The van der Waals surface area contributed by atoms with Crippen LogP contribution in [0.5, 0.6) is 0 Å². The van der Waals surface area contributed by atoms with Crippen molar-refractivity contribution >= 4 is 29.1 Å². The molecular formula is C24H29N2O2+. The molecule has 2 aromatic rings. The maximum atomic E-state index is 10.7. The first kappa shape index (κ1) is 19.9. The summed E-state index contributed by atoms with van der Waals surface area (Å²) in [7, 11) is 0. The Morgan fingerprint density at radius 2 is 1.75 bits per heavy atom. The Bertz CT molecular complexity index is 908. The molecule has 146 valence electrons. The molecule has 0 atom stereocenters.